The van der Waals surface area contributed by atoms with Crippen molar-refractivity contribution in [2.24, 2.45) is 0 Å². The van der Waals surface area contributed by atoms with Crippen LogP contribution in [0.4, 0.5) is 0 Å². The van der Waals surface area contributed by atoms with Crippen LogP contribution in [-0.4, -0.2) is 4.57 Å². The van der Waals surface area contributed by atoms with Gasteiger partial charge in [-0.25, -0.2) is 0 Å². The summed E-state index contributed by atoms with van der Waals surface area (Å²) in [6.07, 6.45) is 0. The van der Waals surface area contributed by atoms with Crippen molar-refractivity contribution < 1.29 is 9.47 Å². The molecule has 174 valence electrons. The lowest BCUT2D eigenvalue weighted by atomic mass is 9.99. The van der Waals surface area contributed by atoms with Gasteiger partial charge in [-0.2, -0.15) is 0 Å². The first-order chi connectivity index (χ1) is 18.3. The summed E-state index contributed by atoms with van der Waals surface area (Å²) in [4.78, 5) is 0. The third-order valence-corrected chi connectivity index (χ3v) is 7.22. The first kappa shape index (κ1) is 20.2. The maximum Gasteiger partial charge on any atom is 0.170 e. The van der Waals surface area contributed by atoms with E-state index >= 15 is 0 Å². The quantitative estimate of drug-likeness (QED) is 0.248. The summed E-state index contributed by atoms with van der Waals surface area (Å²) in [5.74, 6) is 2.93. The van der Waals surface area contributed by atoms with Crippen LogP contribution in [0.1, 0.15) is 0 Å². The van der Waals surface area contributed by atoms with Crippen LogP contribution in [0.2, 0.25) is 0 Å². The number of hydrogen-bond acceptors (Lipinski definition) is 2. The predicted molar refractivity (Wildman–Crippen MR) is 150 cm³/mol. The molecular formula is C34H21NO2. The highest BCUT2D eigenvalue weighted by Crippen LogP contribution is 2.48. The minimum absolute atomic E-state index is 0.726. The topological polar surface area (TPSA) is 23.4 Å². The normalized spacial score (nSPS) is 12.2. The Kier molecular flexibility index (Phi) is 4.23. The molecule has 6 aromatic carbocycles. The summed E-state index contributed by atoms with van der Waals surface area (Å²) < 4.78 is 15.0. The first-order valence-electron chi connectivity index (χ1n) is 12.4. The van der Waals surface area contributed by atoms with Gasteiger partial charge in [-0.15, -0.1) is 0 Å². The molecule has 0 spiro atoms. The molecule has 1 aliphatic heterocycles. The molecule has 1 aliphatic rings. The lowest BCUT2D eigenvalue weighted by Crippen LogP contribution is -1.99. The summed E-state index contributed by atoms with van der Waals surface area (Å²) in [5, 5.41) is 4.71. The molecule has 0 unspecified atom stereocenters. The minimum Gasteiger partial charge on any atom is -0.449 e. The molecular weight excluding hydrogens is 454 g/mol. The van der Waals surface area contributed by atoms with Gasteiger partial charge in [-0.1, -0.05) is 78.9 Å². The number of rotatable bonds is 2. The SMILES string of the molecule is c1ccc(-n2c3ccccc3c3c(-c4ccc5c(c4)Oc4cc6ccccc6cc4O5)cccc32)cc1. The van der Waals surface area contributed by atoms with Crippen molar-refractivity contribution in [1.82, 2.24) is 4.57 Å². The summed E-state index contributed by atoms with van der Waals surface area (Å²) in [6.45, 7) is 0. The Hall–Kier alpha value is -5.02. The highest BCUT2D eigenvalue weighted by atomic mass is 16.6. The Morgan fingerprint density at radius 2 is 1.11 bits per heavy atom. The van der Waals surface area contributed by atoms with Crippen molar-refractivity contribution in [3.05, 3.63) is 127 Å². The Bertz CT molecular complexity index is 1990. The van der Waals surface area contributed by atoms with Gasteiger partial charge in [0, 0.05) is 16.5 Å². The summed E-state index contributed by atoms with van der Waals surface area (Å²) in [6, 6.07) is 44.2. The van der Waals surface area contributed by atoms with E-state index in [1.54, 1.807) is 0 Å². The van der Waals surface area contributed by atoms with Crippen molar-refractivity contribution in [3.8, 4) is 39.8 Å². The van der Waals surface area contributed by atoms with Gasteiger partial charge in [-0.3, -0.25) is 0 Å². The molecule has 0 N–H and O–H groups in total. The molecule has 7 aromatic rings. The highest BCUT2D eigenvalue weighted by Gasteiger charge is 2.22. The molecule has 3 heteroatoms. The molecule has 37 heavy (non-hydrogen) atoms. The second kappa shape index (κ2) is 7.74. The second-order valence-electron chi connectivity index (χ2n) is 9.40. The number of para-hydroxylation sites is 2. The Balaban J connectivity index is 1.31. The highest BCUT2D eigenvalue weighted by molar-refractivity contribution is 6.15. The summed E-state index contributed by atoms with van der Waals surface area (Å²) in [7, 11) is 0. The van der Waals surface area contributed by atoms with Crippen LogP contribution < -0.4 is 9.47 Å². The Labute approximate surface area is 213 Å². The van der Waals surface area contributed by atoms with E-state index in [1.807, 2.05) is 24.3 Å². The molecule has 2 heterocycles. The van der Waals surface area contributed by atoms with Crippen LogP contribution in [0.25, 0.3) is 49.4 Å². The fraction of sp³-hybridized carbons (Fsp3) is 0. The van der Waals surface area contributed by atoms with Gasteiger partial charge in [-0.05, 0) is 70.4 Å². The third kappa shape index (κ3) is 3.08. The van der Waals surface area contributed by atoms with Gasteiger partial charge in [0.15, 0.2) is 23.0 Å². The number of benzene rings is 6. The van der Waals surface area contributed by atoms with E-state index in [0.717, 1.165) is 45.0 Å². The minimum atomic E-state index is 0.726. The van der Waals surface area contributed by atoms with Crippen LogP contribution in [0.5, 0.6) is 23.0 Å². The Morgan fingerprint density at radius 3 is 1.92 bits per heavy atom. The van der Waals surface area contributed by atoms with Crippen molar-refractivity contribution in [1.29, 1.82) is 0 Å². The second-order valence-corrected chi connectivity index (χ2v) is 9.40. The fourth-order valence-corrected chi connectivity index (χ4v) is 5.55. The van der Waals surface area contributed by atoms with Crippen LogP contribution in [-0.2, 0) is 0 Å². The number of fused-ring (bicyclic) bond motifs is 6. The molecule has 0 amide bonds. The molecule has 8 rings (SSSR count). The van der Waals surface area contributed by atoms with Crippen molar-refractivity contribution >= 4 is 32.6 Å². The number of hydrogen-bond donors (Lipinski definition) is 0. The predicted octanol–water partition coefficient (Wildman–Crippen LogP) is 9.50. The van der Waals surface area contributed by atoms with Crippen molar-refractivity contribution in [3.63, 3.8) is 0 Å². The van der Waals surface area contributed by atoms with E-state index < -0.39 is 0 Å². The van der Waals surface area contributed by atoms with E-state index in [9.17, 15) is 0 Å². The lowest BCUT2D eigenvalue weighted by Gasteiger charge is -2.22. The average Bonchev–Trinajstić information content (AvgIpc) is 3.30. The van der Waals surface area contributed by atoms with Gasteiger partial charge in [0.25, 0.3) is 0 Å². The van der Waals surface area contributed by atoms with E-state index in [0.29, 0.717) is 0 Å². The first-order valence-corrected chi connectivity index (χ1v) is 12.4. The zero-order chi connectivity index (χ0) is 24.3. The number of nitrogens with zero attached hydrogens (tertiary/aromatic N) is 1. The van der Waals surface area contributed by atoms with Crippen LogP contribution >= 0.6 is 0 Å². The van der Waals surface area contributed by atoms with E-state index in [1.165, 1.54) is 27.4 Å². The molecule has 0 radical (unpaired) electrons. The molecule has 0 saturated heterocycles. The van der Waals surface area contributed by atoms with Gasteiger partial charge < -0.3 is 14.0 Å². The van der Waals surface area contributed by atoms with Gasteiger partial charge >= 0.3 is 0 Å². The lowest BCUT2D eigenvalue weighted by molar-refractivity contribution is 0.360. The zero-order valence-electron chi connectivity index (χ0n) is 19.9. The molecule has 0 saturated carbocycles. The molecule has 0 aliphatic carbocycles. The van der Waals surface area contributed by atoms with Gasteiger partial charge in [0.2, 0.25) is 0 Å². The fourth-order valence-electron chi connectivity index (χ4n) is 5.55. The zero-order valence-corrected chi connectivity index (χ0v) is 19.9. The largest absolute Gasteiger partial charge is 0.449 e. The van der Waals surface area contributed by atoms with Crippen LogP contribution in [0, 0.1) is 0 Å². The number of ether oxygens (including phenoxy) is 2. The number of aromatic nitrogens is 1. The maximum atomic E-state index is 6.39. The summed E-state index contributed by atoms with van der Waals surface area (Å²) >= 11 is 0. The smallest absolute Gasteiger partial charge is 0.170 e. The van der Waals surface area contributed by atoms with Crippen molar-refractivity contribution in [2.75, 3.05) is 0 Å². The van der Waals surface area contributed by atoms with E-state index in [4.69, 9.17) is 9.47 Å². The summed E-state index contributed by atoms with van der Waals surface area (Å²) in [5.41, 5.74) is 5.77. The molecule has 0 atom stereocenters. The molecule has 3 nitrogen and oxygen atoms in total. The maximum absolute atomic E-state index is 6.39. The van der Waals surface area contributed by atoms with Crippen molar-refractivity contribution in [2.45, 2.75) is 0 Å². The van der Waals surface area contributed by atoms with E-state index in [-0.39, 0.29) is 0 Å². The third-order valence-electron chi connectivity index (χ3n) is 7.22. The molecule has 0 fully saturated rings. The van der Waals surface area contributed by atoms with Crippen LogP contribution in [0.15, 0.2) is 127 Å². The van der Waals surface area contributed by atoms with Crippen LogP contribution in [0.3, 0.4) is 0 Å². The average molecular weight is 476 g/mol. The van der Waals surface area contributed by atoms with Gasteiger partial charge in [0.1, 0.15) is 0 Å². The standard InChI is InChI=1S/C34H21NO2/c1-2-11-25(12-3-1)35-28-15-7-6-13-27(28)34-26(14-8-16-29(34)35)24-17-18-30-31(21-24)37-33-20-23-10-5-4-9-22(23)19-32(33)36-30/h1-21H. The van der Waals surface area contributed by atoms with Gasteiger partial charge in [0.05, 0.1) is 11.0 Å². The monoisotopic (exact) mass is 475 g/mol. The molecule has 1 aromatic heterocycles. The van der Waals surface area contributed by atoms with E-state index in [2.05, 4.69) is 108 Å². The Morgan fingerprint density at radius 1 is 0.459 bits per heavy atom. The molecule has 0 bridgehead atoms.